The van der Waals surface area contributed by atoms with E-state index >= 15 is 0 Å². The summed E-state index contributed by atoms with van der Waals surface area (Å²) in [5.74, 6) is -0.322. The topological polar surface area (TPSA) is 43.4 Å². The molecule has 0 bridgehead atoms. The molecule has 0 spiro atoms. The van der Waals surface area contributed by atoms with Gasteiger partial charge >= 0.3 is 5.97 Å². The van der Waals surface area contributed by atoms with Gasteiger partial charge in [0.25, 0.3) is 0 Å². The van der Waals surface area contributed by atoms with Crippen LogP contribution < -0.4 is 0 Å². The van der Waals surface area contributed by atoms with E-state index in [1.807, 2.05) is 42.5 Å². The van der Waals surface area contributed by atoms with E-state index in [1.54, 1.807) is 6.92 Å². The summed E-state index contributed by atoms with van der Waals surface area (Å²) in [5, 5.41) is 0. The number of ether oxygens (including phenoxy) is 1. The first-order valence-electron chi connectivity index (χ1n) is 7.61. The van der Waals surface area contributed by atoms with Crippen LogP contribution in [-0.2, 0) is 14.3 Å². The summed E-state index contributed by atoms with van der Waals surface area (Å²) in [4.78, 5) is 24.6. The number of esters is 1. The first kappa shape index (κ1) is 15.5. The monoisotopic (exact) mass is 286 g/mol. The Morgan fingerprint density at radius 3 is 2.71 bits per heavy atom. The first-order chi connectivity index (χ1) is 10.2. The minimum Gasteiger partial charge on any atom is -0.465 e. The predicted molar refractivity (Wildman–Crippen MR) is 82.6 cm³/mol. The van der Waals surface area contributed by atoms with Crippen molar-refractivity contribution in [1.29, 1.82) is 0 Å². The number of rotatable bonds is 5. The van der Waals surface area contributed by atoms with Crippen molar-refractivity contribution in [2.75, 3.05) is 6.61 Å². The van der Waals surface area contributed by atoms with Crippen molar-refractivity contribution in [2.24, 2.45) is 5.41 Å². The van der Waals surface area contributed by atoms with E-state index in [0.717, 1.165) is 18.4 Å². The van der Waals surface area contributed by atoms with E-state index in [-0.39, 0.29) is 11.8 Å². The molecule has 0 amide bonds. The Morgan fingerprint density at radius 1 is 1.29 bits per heavy atom. The van der Waals surface area contributed by atoms with Crippen molar-refractivity contribution in [3.05, 3.63) is 42.0 Å². The van der Waals surface area contributed by atoms with Gasteiger partial charge in [0, 0.05) is 6.42 Å². The third-order valence-corrected chi connectivity index (χ3v) is 4.03. The maximum absolute atomic E-state index is 12.3. The van der Waals surface area contributed by atoms with Crippen LogP contribution in [0.15, 0.2) is 36.4 Å². The number of Topliss-reactive ketones (excluding diaryl/α,β-unsaturated/α-hetero) is 1. The Labute approximate surface area is 126 Å². The van der Waals surface area contributed by atoms with Gasteiger partial charge < -0.3 is 4.74 Å². The van der Waals surface area contributed by atoms with Gasteiger partial charge in [-0.05, 0) is 31.7 Å². The van der Waals surface area contributed by atoms with Crippen molar-refractivity contribution in [1.82, 2.24) is 0 Å². The molecule has 1 atom stereocenters. The number of ketones is 1. The molecule has 0 heterocycles. The molecule has 1 aliphatic carbocycles. The van der Waals surface area contributed by atoms with E-state index in [9.17, 15) is 9.59 Å². The third-order valence-electron chi connectivity index (χ3n) is 4.03. The van der Waals surface area contributed by atoms with E-state index in [1.165, 1.54) is 0 Å². The van der Waals surface area contributed by atoms with Gasteiger partial charge in [-0.25, -0.2) is 0 Å². The molecular weight excluding hydrogens is 264 g/mol. The highest BCUT2D eigenvalue weighted by atomic mass is 16.5. The summed E-state index contributed by atoms with van der Waals surface area (Å²) in [6.07, 6.45) is 7.19. The van der Waals surface area contributed by atoms with Gasteiger partial charge in [0.2, 0.25) is 0 Å². The second-order valence-corrected chi connectivity index (χ2v) is 5.45. The maximum Gasteiger partial charge on any atom is 0.319 e. The van der Waals surface area contributed by atoms with Gasteiger partial charge in [-0.15, -0.1) is 0 Å². The Morgan fingerprint density at radius 2 is 2.05 bits per heavy atom. The molecule has 1 aliphatic rings. The van der Waals surface area contributed by atoms with Crippen LogP contribution in [0.4, 0.5) is 0 Å². The molecule has 3 nitrogen and oxygen atoms in total. The Balaban J connectivity index is 2.14. The number of carbonyl (C=O) groups excluding carboxylic acids is 2. The molecule has 0 unspecified atom stereocenters. The van der Waals surface area contributed by atoms with E-state index in [4.69, 9.17) is 4.74 Å². The Kier molecular flexibility index (Phi) is 5.32. The van der Waals surface area contributed by atoms with E-state index in [2.05, 4.69) is 0 Å². The lowest BCUT2D eigenvalue weighted by Gasteiger charge is -2.32. The minimum absolute atomic E-state index is 0.0323. The highest BCUT2D eigenvalue weighted by molar-refractivity contribution is 6.04. The maximum atomic E-state index is 12.3. The summed E-state index contributed by atoms with van der Waals surface area (Å²) in [6, 6.07) is 9.88. The lowest BCUT2D eigenvalue weighted by Crippen LogP contribution is -2.42. The zero-order valence-corrected chi connectivity index (χ0v) is 12.5. The largest absolute Gasteiger partial charge is 0.465 e. The average molecular weight is 286 g/mol. The second kappa shape index (κ2) is 7.21. The van der Waals surface area contributed by atoms with Gasteiger partial charge in [0.1, 0.15) is 11.2 Å². The molecule has 0 saturated heterocycles. The fourth-order valence-electron chi connectivity index (χ4n) is 2.84. The van der Waals surface area contributed by atoms with Crippen LogP contribution in [0.2, 0.25) is 0 Å². The molecule has 2 rings (SSSR count). The van der Waals surface area contributed by atoms with Crippen LogP contribution in [0.3, 0.4) is 0 Å². The van der Waals surface area contributed by atoms with Crippen molar-refractivity contribution in [3.63, 3.8) is 0 Å². The minimum atomic E-state index is -0.959. The van der Waals surface area contributed by atoms with Gasteiger partial charge in [-0.2, -0.15) is 0 Å². The number of hydrogen-bond acceptors (Lipinski definition) is 3. The van der Waals surface area contributed by atoms with E-state index < -0.39 is 5.41 Å². The molecule has 3 heteroatoms. The molecule has 112 valence electrons. The number of carbonyl (C=O) groups is 2. The Hall–Kier alpha value is -1.90. The highest BCUT2D eigenvalue weighted by Crippen LogP contribution is 2.38. The molecule has 21 heavy (non-hydrogen) atoms. The van der Waals surface area contributed by atoms with Crippen molar-refractivity contribution in [2.45, 2.75) is 39.0 Å². The molecule has 1 aromatic carbocycles. The van der Waals surface area contributed by atoms with Crippen LogP contribution in [-0.4, -0.2) is 18.4 Å². The Bertz CT molecular complexity index is 519. The fourth-order valence-corrected chi connectivity index (χ4v) is 2.84. The fraction of sp³-hybridized carbons (Fsp3) is 0.444. The predicted octanol–water partition coefficient (Wildman–Crippen LogP) is 3.78. The number of hydrogen-bond donors (Lipinski definition) is 0. The zero-order chi connectivity index (χ0) is 15.1. The second-order valence-electron chi connectivity index (χ2n) is 5.45. The number of benzene rings is 1. The molecule has 1 saturated carbocycles. The third kappa shape index (κ3) is 3.60. The van der Waals surface area contributed by atoms with Crippen LogP contribution in [0.1, 0.15) is 44.6 Å². The van der Waals surface area contributed by atoms with Crippen LogP contribution in [0.5, 0.6) is 0 Å². The molecule has 0 radical (unpaired) electrons. The smallest absolute Gasteiger partial charge is 0.319 e. The van der Waals surface area contributed by atoms with Crippen molar-refractivity contribution < 1.29 is 14.3 Å². The van der Waals surface area contributed by atoms with Crippen molar-refractivity contribution >= 4 is 17.8 Å². The van der Waals surface area contributed by atoms with Crippen LogP contribution >= 0.6 is 0 Å². The zero-order valence-electron chi connectivity index (χ0n) is 12.5. The quantitative estimate of drug-likeness (QED) is 0.611. The number of allylic oxidation sites excluding steroid dienone is 1. The summed E-state index contributed by atoms with van der Waals surface area (Å²) in [6.45, 7) is 2.09. The first-order valence-corrected chi connectivity index (χ1v) is 7.61. The summed E-state index contributed by atoms with van der Waals surface area (Å²) >= 11 is 0. The summed E-state index contributed by atoms with van der Waals surface area (Å²) in [7, 11) is 0. The van der Waals surface area contributed by atoms with Crippen molar-refractivity contribution in [3.8, 4) is 0 Å². The van der Waals surface area contributed by atoms with Gasteiger partial charge in [0.15, 0.2) is 0 Å². The van der Waals surface area contributed by atoms with E-state index in [0.29, 0.717) is 25.9 Å². The van der Waals surface area contributed by atoms with Gasteiger partial charge in [-0.1, -0.05) is 48.9 Å². The standard InChI is InChI=1S/C18H22O3/c1-2-21-17(20)18(13-7-6-12-16(18)19)14-8-11-15-9-4-3-5-10-15/h3-5,8-11H,2,6-7,12-14H2,1H3/b11-8+/t18-/m1/s1. The van der Waals surface area contributed by atoms with Crippen LogP contribution in [0.25, 0.3) is 6.08 Å². The molecule has 0 aliphatic heterocycles. The highest BCUT2D eigenvalue weighted by Gasteiger charge is 2.46. The molecule has 0 aromatic heterocycles. The molecular formula is C18H22O3. The van der Waals surface area contributed by atoms with Gasteiger partial charge in [0.05, 0.1) is 6.61 Å². The molecule has 1 aromatic rings. The average Bonchev–Trinajstić information content (AvgIpc) is 2.50. The lowest BCUT2D eigenvalue weighted by atomic mass is 9.70. The summed E-state index contributed by atoms with van der Waals surface area (Å²) in [5.41, 5.74) is 0.110. The van der Waals surface area contributed by atoms with Gasteiger partial charge in [-0.3, -0.25) is 9.59 Å². The SMILES string of the molecule is CCOC(=O)[C@@]1(C/C=C/c2ccccc2)CCCCC1=O. The lowest BCUT2D eigenvalue weighted by molar-refractivity contribution is -0.162. The molecule has 1 fully saturated rings. The molecule has 0 N–H and O–H groups in total. The van der Waals surface area contributed by atoms with Crippen LogP contribution in [0, 0.1) is 5.41 Å². The normalized spacial score (nSPS) is 22.4. The summed E-state index contributed by atoms with van der Waals surface area (Å²) < 4.78 is 5.16.